The van der Waals surface area contributed by atoms with Crippen molar-refractivity contribution in [2.75, 3.05) is 6.54 Å². The normalized spacial score (nSPS) is 22.9. The quantitative estimate of drug-likeness (QED) is 0.802. The van der Waals surface area contributed by atoms with Crippen molar-refractivity contribution in [2.45, 2.75) is 24.3 Å². The Morgan fingerprint density at radius 3 is 2.71 bits per heavy atom. The smallest absolute Gasteiger partial charge is 0.322 e. The lowest BCUT2D eigenvalue weighted by Gasteiger charge is -2.20. The summed E-state index contributed by atoms with van der Waals surface area (Å²) >= 11 is 0. The molecule has 8 heteroatoms. The number of carboxylic acid groups (broad SMARTS) is 1. The molecule has 1 heterocycles. The van der Waals surface area contributed by atoms with Crippen molar-refractivity contribution >= 4 is 16.0 Å². The van der Waals surface area contributed by atoms with Gasteiger partial charge in [0, 0.05) is 13.0 Å². The summed E-state index contributed by atoms with van der Waals surface area (Å²) in [5, 5.41) is 27.6. The standard InChI is InChI=1S/C13H14N2O5S/c14-6-9-3-1-2-4-10(9)8-21(19,20)15-7-11(16)5-12(15)13(17)18/h1-4,11-12,16H,5,7-8H2,(H,17,18)/t11-,12-/m1/s1. The average Bonchev–Trinajstić information content (AvgIpc) is 2.82. The number of aliphatic hydroxyl groups excluding tert-OH is 1. The maximum absolute atomic E-state index is 12.4. The fourth-order valence-electron chi connectivity index (χ4n) is 2.35. The van der Waals surface area contributed by atoms with Crippen molar-refractivity contribution in [2.24, 2.45) is 0 Å². The van der Waals surface area contributed by atoms with E-state index >= 15 is 0 Å². The summed E-state index contributed by atoms with van der Waals surface area (Å²) in [5.74, 6) is -1.75. The van der Waals surface area contributed by atoms with E-state index in [1.54, 1.807) is 12.1 Å². The van der Waals surface area contributed by atoms with Gasteiger partial charge in [-0.3, -0.25) is 4.79 Å². The van der Waals surface area contributed by atoms with Crippen molar-refractivity contribution < 1.29 is 23.4 Å². The maximum atomic E-state index is 12.4. The summed E-state index contributed by atoms with van der Waals surface area (Å²) in [6, 6.07) is 6.88. The Balaban J connectivity index is 2.30. The van der Waals surface area contributed by atoms with E-state index in [2.05, 4.69) is 0 Å². The second-order valence-electron chi connectivity index (χ2n) is 4.84. The molecule has 1 fully saturated rings. The van der Waals surface area contributed by atoms with Gasteiger partial charge in [-0.15, -0.1) is 0 Å². The van der Waals surface area contributed by atoms with Crippen LogP contribution < -0.4 is 0 Å². The van der Waals surface area contributed by atoms with E-state index < -0.39 is 33.9 Å². The van der Waals surface area contributed by atoms with E-state index in [4.69, 9.17) is 10.4 Å². The lowest BCUT2D eigenvalue weighted by molar-refractivity contribution is -0.140. The third-order valence-electron chi connectivity index (χ3n) is 3.35. The number of hydrogen-bond donors (Lipinski definition) is 2. The summed E-state index contributed by atoms with van der Waals surface area (Å²) in [6.07, 6.45) is -1.12. The zero-order valence-electron chi connectivity index (χ0n) is 11.0. The van der Waals surface area contributed by atoms with Crippen LogP contribution in [0.3, 0.4) is 0 Å². The molecule has 2 rings (SSSR count). The van der Waals surface area contributed by atoms with Crippen molar-refractivity contribution in [3.63, 3.8) is 0 Å². The molecule has 1 saturated heterocycles. The number of hydrogen-bond acceptors (Lipinski definition) is 5. The number of aliphatic carboxylic acids is 1. The minimum atomic E-state index is -3.93. The highest BCUT2D eigenvalue weighted by atomic mass is 32.2. The average molecular weight is 310 g/mol. The van der Waals surface area contributed by atoms with Crippen molar-refractivity contribution in [1.82, 2.24) is 4.31 Å². The van der Waals surface area contributed by atoms with E-state index in [1.165, 1.54) is 12.1 Å². The van der Waals surface area contributed by atoms with Crippen LogP contribution >= 0.6 is 0 Å². The van der Waals surface area contributed by atoms with Gasteiger partial charge in [0.15, 0.2) is 0 Å². The Morgan fingerprint density at radius 2 is 2.10 bits per heavy atom. The molecule has 1 aliphatic rings. The Bertz CT molecular complexity index is 695. The molecule has 0 bridgehead atoms. The van der Waals surface area contributed by atoms with Crippen LogP contribution in [0.5, 0.6) is 0 Å². The zero-order chi connectivity index (χ0) is 15.6. The maximum Gasteiger partial charge on any atom is 0.322 e. The lowest BCUT2D eigenvalue weighted by Crippen LogP contribution is -2.41. The fraction of sp³-hybridized carbons (Fsp3) is 0.385. The third kappa shape index (κ3) is 3.21. The first-order valence-corrected chi connectivity index (χ1v) is 7.84. The second kappa shape index (κ2) is 5.81. The van der Waals surface area contributed by atoms with Gasteiger partial charge in [0.05, 0.1) is 23.5 Å². The monoisotopic (exact) mass is 310 g/mol. The topological polar surface area (TPSA) is 119 Å². The van der Waals surface area contributed by atoms with Crippen LogP contribution in [0.15, 0.2) is 24.3 Å². The minimum Gasteiger partial charge on any atom is -0.480 e. The van der Waals surface area contributed by atoms with Crippen LogP contribution in [0.1, 0.15) is 17.5 Å². The molecule has 1 aliphatic heterocycles. The van der Waals surface area contributed by atoms with Gasteiger partial charge in [0.25, 0.3) is 0 Å². The van der Waals surface area contributed by atoms with E-state index in [0.29, 0.717) is 5.56 Å². The molecule has 1 aromatic carbocycles. The Hall–Kier alpha value is -1.95. The summed E-state index contributed by atoms with van der Waals surface area (Å²) in [6.45, 7) is -0.242. The van der Waals surface area contributed by atoms with Gasteiger partial charge in [-0.1, -0.05) is 18.2 Å². The van der Waals surface area contributed by atoms with Gasteiger partial charge < -0.3 is 10.2 Å². The van der Waals surface area contributed by atoms with Gasteiger partial charge in [-0.25, -0.2) is 8.42 Å². The molecule has 0 radical (unpaired) electrons. The molecular formula is C13H14N2O5S. The van der Waals surface area contributed by atoms with Crippen LogP contribution in [0.25, 0.3) is 0 Å². The number of sulfonamides is 1. The van der Waals surface area contributed by atoms with Crippen LogP contribution in [0.2, 0.25) is 0 Å². The molecule has 0 saturated carbocycles. The Labute approximate surface area is 122 Å². The Morgan fingerprint density at radius 1 is 1.43 bits per heavy atom. The highest BCUT2D eigenvalue weighted by molar-refractivity contribution is 7.88. The lowest BCUT2D eigenvalue weighted by atomic mass is 10.1. The van der Waals surface area contributed by atoms with E-state index in [1.807, 2.05) is 6.07 Å². The van der Waals surface area contributed by atoms with Gasteiger partial charge in [-0.2, -0.15) is 9.57 Å². The van der Waals surface area contributed by atoms with E-state index in [0.717, 1.165) is 4.31 Å². The second-order valence-corrected chi connectivity index (χ2v) is 6.76. The van der Waals surface area contributed by atoms with E-state index in [-0.39, 0.29) is 18.5 Å². The largest absolute Gasteiger partial charge is 0.480 e. The molecule has 0 amide bonds. The number of nitriles is 1. The number of rotatable bonds is 4. The van der Waals surface area contributed by atoms with Crippen LogP contribution in [0, 0.1) is 11.3 Å². The van der Waals surface area contributed by atoms with Gasteiger partial charge >= 0.3 is 5.97 Å². The number of benzene rings is 1. The Kier molecular flexibility index (Phi) is 4.27. The number of aliphatic hydroxyl groups is 1. The predicted molar refractivity (Wildman–Crippen MR) is 72.5 cm³/mol. The number of carboxylic acids is 1. The molecule has 0 spiro atoms. The molecule has 2 atom stereocenters. The highest BCUT2D eigenvalue weighted by Gasteiger charge is 2.42. The van der Waals surface area contributed by atoms with E-state index in [9.17, 15) is 18.3 Å². The van der Waals surface area contributed by atoms with Crippen molar-refractivity contribution in [3.8, 4) is 6.07 Å². The highest BCUT2D eigenvalue weighted by Crippen LogP contribution is 2.25. The van der Waals surface area contributed by atoms with Crippen LogP contribution in [-0.4, -0.2) is 47.6 Å². The first kappa shape index (κ1) is 15.4. The third-order valence-corrected chi connectivity index (χ3v) is 5.15. The first-order chi connectivity index (χ1) is 9.85. The number of nitrogens with zero attached hydrogens (tertiary/aromatic N) is 2. The van der Waals surface area contributed by atoms with Gasteiger partial charge in [0.1, 0.15) is 6.04 Å². The van der Waals surface area contributed by atoms with Crippen LogP contribution in [0.4, 0.5) is 0 Å². The minimum absolute atomic E-state index is 0.130. The summed E-state index contributed by atoms with van der Waals surface area (Å²) in [5.41, 5.74) is 0.540. The molecule has 21 heavy (non-hydrogen) atoms. The SMILES string of the molecule is N#Cc1ccccc1CS(=O)(=O)N1C[C@H](O)C[C@@H]1C(=O)O. The summed E-state index contributed by atoms with van der Waals surface area (Å²) in [4.78, 5) is 11.1. The van der Waals surface area contributed by atoms with Crippen molar-refractivity contribution in [3.05, 3.63) is 35.4 Å². The molecule has 1 aromatic rings. The predicted octanol–water partition coefficient (Wildman–Crippen LogP) is -0.0921. The molecular weight excluding hydrogens is 296 g/mol. The molecule has 112 valence electrons. The molecule has 0 aliphatic carbocycles. The van der Waals surface area contributed by atoms with Gasteiger partial charge in [0.2, 0.25) is 10.0 Å². The molecule has 0 unspecified atom stereocenters. The fourth-order valence-corrected chi connectivity index (χ4v) is 4.12. The number of carbonyl (C=O) groups is 1. The number of β-amino-alcohol motifs (C(OH)–C–C–N with tert-alkyl or cyclic N) is 1. The van der Waals surface area contributed by atoms with Gasteiger partial charge in [-0.05, 0) is 11.6 Å². The molecule has 7 nitrogen and oxygen atoms in total. The summed E-state index contributed by atoms with van der Waals surface area (Å²) in [7, 11) is -3.93. The van der Waals surface area contributed by atoms with Crippen LogP contribution in [-0.2, 0) is 20.6 Å². The molecule has 2 N–H and O–H groups in total. The zero-order valence-corrected chi connectivity index (χ0v) is 11.8. The van der Waals surface area contributed by atoms with Crippen molar-refractivity contribution in [1.29, 1.82) is 5.26 Å². The summed E-state index contributed by atoms with van der Waals surface area (Å²) < 4.78 is 25.5. The molecule has 0 aromatic heterocycles. The first-order valence-electron chi connectivity index (χ1n) is 6.23.